The number of aliphatic imine (C=N–C) groups is 1. The first-order valence-corrected chi connectivity index (χ1v) is 10.5. The van der Waals surface area contributed by atoms with Crippen LogP contribution in [-0.4, -0.2) is 63.5 Å². The molecule has 25 heavy (non-hydrogen) atoms. The second-order valence-corrected chi connectivity index (χ2v) is 7.94. The second-order valence-electron chi connectivity index (χ2n) is 7.94. The van der Waals surface area contributed by atoms with Gasteiger partial charge < -0.3 is 19.7 Å². The number of methoxy groups -OCH3 is 1. The molecule has 0 bridgehead atoms. The maximum Gasteiger partial charge on any atom is 0.193 e. The van der Waals surface area contributed by atoms with E-state index in [-0.39, 0.29) is 0 Å². The van der Waals surface area contributed by atoms with Crippen LogP contribution < -0.4 is 5.32 Å². The van der Waals surface area contributed by atoms with Gasteiger partial charge in [-0.15, -0.1) is 0 Å². The average molecular weight is 352 g/mol. The van der Waals surface area contributed by atoms with Crippen molar-refractivity contribution in [2.45, 2.75) is 58.0 Å². The third kappa shape index (κ3) is 6.14. The molecule has 0 unspecified atom stereocenters. The van der Waals surface area contributed by atoms with Gasteiger partial charge in [0.05, 0.1) is 6.10 Å². The molecule has 0 radical (unpaired) electrons. The van der Waals surface area contributed by atoms with Crippen molar-refractivity contribution >= 4 is 5.96 Å². The van der Waals surface area contributed by atoms with Gasteiger partial charge in [-0.05, 0) is 69.6 Å². The fourth-order valence-electron chi connectivity index (χ4n) is 4.04. The number of nitrogens with zero attached hydrogens (tertiary/aromatic N) is 2. The van der Waals surface area contributed by atoms with Gasteiger partial charge in [-0.25, -0.2) is 0 Å². The number of hydrogen-bond donors (Lipinski definition) is 1. The van der Waals surface area contributed by atoms with Gasteiger partial charge in [0, 0.05) is 46.5 Å². The molecule has 5 heteroatoms. The van der Waals surface area contributed by atoms with E-state index >= 15 is 0 Å². The number of piperidine rings is 1. The van der Waals surface area contributed by atoms with E-state index in [4.69, 9.17) is 14.5 Å². The van der Waals surface area contributed by atoms with Gasteiger partial charge in [-0.3, -0.25) is 4.99 Å². The molecule has 1 heterocycles. The summed E-state index contributed by atoms with van der Waals surface area (Å²) in [7, 11) is 1.75. The molecule has 1 N–H and O–H groups in total. The van der Waals surface area contributed by atoms with Gasteiger partial charge in [-0.2, -0.15) is 0 Å². The van der Waals surface area contributed by atoms with Crippen LogP contribution in [0.2, 0.25) is 0 Å². The van der Waals surface area contributed by atoms with Crippen LogP contribution in [0.15, 0.2) is 4.99 Å². The molecule has 3 fully saturated rings. The van der Waals surface area contributed by atoms with Crippen LogP contribution in [-0.2, 0) is 9.47 Å². The molecule has 0 amide bonds. The van der Waals surface area contributed by atoms with Crippen LogP contribution in [0.5, 0.6) is 0 Å². The molecular weight excluding hydrogens is 314 g/mol. The Morgan fingerprint density at radius 3 is 2.32 bits per heavy atom. The summed E-state index contributed by atoms with van der Waals surface area (Å²) in [5.74, 6) is 3.94. The highest BCUT2D eigenvalue weighted by molar-refractivity contribution is 5.80. The fraction of sp³-hybridized carbons (Fsp3) is 0.950. The zero-order chi connectivity index (χ0) is 17.5. The Bertz CT molecular complexity index is 401. The van der Waals surface area contributed by atoms with Crippen molar-refractivity contribution in [3.8, 4) is 0 Å². The van der Waals surface area contributed by atoms with Crippen molar-refractivity contribution in [1.82, 2.24) is 10.2 Å². The second kappa shape index (κ2) is 9.77. The van der Waals surface area contributed by atoms with E-state index < -0.39 is 0 Å². The topological polar surface area (TPSA) is 46.1 Å². The third-order valence-electron chi connectivity index (χ3n) is 5.83. The Labute approximate surface area is 153 Å². The average Bonchev–Trinajstić information content (AvgIpc) is 3.53. The summed E-state index contributed by atoms with van der Waals surface area (Å²) in [6.45, 7) is 7.86. The fourth-order valence-corrected chi connectivity index (χ4v) is 4.04. The Kier molecular flexibility index (Phi) is 7.41. The van der Waals surface area contributed by atoms with Crippen molar-refractivity contribution < 1.29 is 9.47 Å². The van der Waals surface area contributed by atoms with Crippen molar-refractivity contribution in [1.29, 1.82) is 0 Å². The minimum atomic E-state index is 0.404. The molecule has 0 aromatic heterocycles. The van der Waals surface area contributed by atoms with Gasteiger partial charge >= 0.3 is 0 Å². The first-order valence-electron chi connectivity index (χ1n) is 10.5. The Hall–Kier alpha value is -0.810. The van der Waals surface area contributed by atoms with Crippen molar-refractivity contribution in [3.05, 3.63) is 0 Å². The van der Waals surface area contributed by atoms with E-state index in [0.29, 0.717) is 6.10 Å². The normalized spacial score (nSPS) is 22.7. The number of nitrogens with one attached hydrogen (secondary N) is 1. The molecule has 2 saturated carbocycles. The molecular formula is C20H37N3O2. The van der Waals surface area contributed by atoms with E-state index in [1.54, 1.807) is 7.11 Å². The first kappa shape index (κ1) is 19.0. The maximum absolute atomic E-state index is 5.98. The summed E-state index contributed by atoms with van der Waals surface area (Å²) in [4.78, 5) is 7.49. The van der Waals surface area contributed by atoms with Gasteiger partial charge in [0.25, 0.3) is 0 Å². The predicted molar refractivity (Wildman–Crippen MR) is 102 cm³/mol. The number of ether oxygens (including phenoxy) is 2. The predicted octanol–water partition coefficient (Wildman–Crippen LogP) is 2.91. The van der Waals surface area contributed by atoms with E-state index in [0.717, 1.165) is 82.4 Å². The summed E-state index contributed by atoms with van der Waals surface area (Å²) >= 11 is 0. The third-order valence-corrected chi connectivity index (χ3v) is 5.83. The lowest BCUT2D eigenvalue weighted by Gasteiger charge is -2.34. The molecule has 144 valence electrons. The van der Waals surface area contributed by atoms with Crippen LogP contribution in [0.25, 0.3) is 0 Å². The van der Waals surface area contributed by atoms with Crippen LogP contribution in [0.4, 0.5) is 0 Å². The van der Waals surface area contributed by atoms with Crippen LogP contribution >= 0.6 is 0 Å². The molecule has 5 nitrogen and oxygen atoms in total. The molecule has 1 aliphatic heterocycles. The molecule has 3 aliphatic rings. The van der Waals surface area contributed by atoms with Crippen molar-refractivity contribution in [2.24, 2.45) is 22.7 Å². The van der Waals surface area contributed by atoms with Crippen molar-refractivity contribution in [2.75, 3.05) is 46.5 Å². The van der Waals surface area contributed by atoms with E-state index in [9.17, 15) is 0 Å². The van der Waals surface area contributed by atoms with Crippen LogP contribution in [0.1, 0.15) is 51.9 Å². The van der Waals surface area contributed by atoms with Crippen LogP contribution in [0, 0.1) is 17.8 Å². The van der Waals surface area contributed by atoms with Gasteiger partial charge in [0.1, 0.15) is 0 Å². The first-order chi connectivity index (χ1) is 12.3. The van der Waals surface area contributed by atoms with Crippen LogP contribution in [0.3, 0.4) is 0 Å². The Balaban J connectivity index is 1.43. The number of guanidine groups is 1. The quantitative estimate of drug-likeness (QED) is 0.373. The smallest absolute Gasteiger partial charge is 0.193 e. The Morgan fingerprint density at radius 2 is 1.76 bits per heavy atom. The summed E-state index contributed by atoms with van der Waals surface area (Å²) in [5, 5.41) is 3.52. The number of hydrogen-bond acceptors (Lipinski definition) is 3. The Morgan fingerprint density at radius 1 is 1.08 bits per heavy atom. The standard InChI is InChI=1S/C20H37N3O2/c1-3-21-20(22-15-19(16-5-6-16)17-7-8-17)23-11-9-18(10-12-23)25-14-4-13-24-2/h16-19H,3-15H2,1-2H3,(H,21,22). The lowest BCUT2D eigenvalue weighted by molar-refractivity contribution is 0.00989. The summed E-state index contributed by atoms with van der Waals surface area (Å²) in [6, 6.07) is 0. The lowest BCUT2D eigenvalue weighted by atomic mass is 9.98. The number of rotatable bonds is 10. The molecule has 3 rings (SSSR count). The highest BCUT2D eigenvalue weighted by Gasteiger charge is 2.41. The van der Waals surface area contributed by atoms with Gasteiger partial charge in [0.15, 0.2) is 5.96 Å². The summed E-state index contributed by atoms with van der Waals surface area (Å²) in [6.07, 6.45) is 9.38. The maximum atomic E-state index is 5.98. The zero-order valence-electron chi connectivity index (χ0n) is 16.2. The minimum Gasteiger partial charge on any atom is -0.385 e. The molecule has 2 aliphatic carbocycles. The van der Waals surface area contributed by atoms with E-state index in [1.807, 2.05) is 0 Å². The van der Waals surface area contributed by atoms with E-state index in [2.05, 4.69) is 17.1 Å². The zero-order valence-corrected chi connectivity index (χ0v) is 16.2. The SMILES string of the molecule is CCNC(=NCC(C1CC1)C1CC1)N1CCC(OCCCOC)CC1. The van der Waals surface area contributed by atoms with Gasteiger partial charge in [-0.1, -0.05) is 0 Å². The lowest BCUT2D eigenvalue weighted by Crippen LogP contribution is -2.47. The van der Waals surface area contributed by atoms with E-state index in [1.165, 1.54) is 25.7 Å². The van der Waals surface area contributed by atoms with Crippen molar-refractivity contribution in [3.63, 3.8) is 0 Å². The molecule has 0 aromatic rings. The molecule has 0 atom stereocenters. The highest BCUT2D eigenvalue weighted by Crippen LogP contribution is 2.49. The number of likely N-dealkylation sites (tertiary alicyclic amines) is 1. The minimum absolute atomic E-state index is 0.404. The highest BCUT2D eigenvalue weighted by atomic mass is 16.5. The molecule has 0 spiro atoms. The van der Waals surface area contributed by atoms with Gasteiger partial charge in [0.2, 0.25) is 0 Å². The monoisotopic (exact) mass is 351 g/mol. The molecule has 1 saturated heterocycles. The summed E-state index contributed by atoms with van der Waals surface area (Å²) in [5.41, 5.74) is 0. The largest absolute Gasteiger partial charge is 0.385 e. The molecule has 0 aromatic carbocycles. The summed E-state index contributed by atoms with van der Waals surface area (Å²) < 4.78 is 11.1.